The second-order valence-corrected chi connectivity index (χ2v) is 6.55. The Bertz CT molecular complexity index is 896. The van der Waals surface area contributed by atoms with Gasteiger partial charge in [0.15, 0.2) is 5.82 Å². The van der Waals surface area contributed by atoms with E-state index >= 15 is 0 Å². The summed E-state index contributed by atoms with van der Waals surface area (Å²) in [5.41, 5.74) is 3.08. The maximum atomic E-state index is 5.47. The SMILES string of the molecule is COc1cccc2c(N3CCCN(c4ccc(C)nn4)CC3)ccnc12. The summed E-state index contributed by atoms with van der Waals surface area (Å²) in [6.45, 7) is 5.81. The maximum absolute atomic E-state index is 5.47. The van der Waals surface area contributed by atoms with Crippen LogP contribution in [-0.2, 0) is 0 Å². The molecule has 4 rings (SSSR count). The predicted molar refractivity (Wildman–Crippen MR) is 104 cm³/mol. The van der Waals surface area contributed by atoms with Gasteiger partial charge in [0, 0.05) is 43.4 Å². The number of aromatic nitrogens is 3. The Balaban J connectivity index is 1.60. The van der Waals surface area contributed by atoms with Crippen LogP contribution in [0, 0.1) is 6.92 Å². The molecule has 1 aliphatic rings. The summed E-state index contributed by atoms with van der Waals surface area (Å²) in [5, 5.41) is 9.67. The minimum atomic E-state index is 0.815. The van der Waals surface area contributed by atoms with Crippen LogP contribution in [0.15, 0.2) is 42.6 Å². The number of pyridine rings is 1. The Morgan fingerprint density at radius 3 is 2.58 bits per heavy atom. The molecule has 2 aromatic heterocycles. The molecule has 0 aliphatic carbocycles. The lowest BCUT2D eigenvalue weighted by Gasteiger charge is -2.25. The average Bonchev–Trinajstić information content (AvgIpc) is 2.94. The van der Waals surface area contributed by atoms with E-state index in [2.05, 4.69) is 43.2 Å². The summed E-state index contributed by atoms with van der Waals surface area (Å²) in [6.07, 6.45) is 2.94. The Hall–Kier alpha value is -2.89. The first kappa shape index (κ1) is 16.6. The molecule has 26 heavy (non-hydrogen) atoms. The van der Waals surface area contributed by atoms with Gasteiger partial charge >= 0.3 is 0 Å². The van der Waals surface area contributed by atoms with Crippen LogP contribution >= 0.6 is 0 Å². The van der Waals surface area contributed by atoms with Crippen LogP contribution in [0.1, 0.15) is 12.1 Å². The average molecular weight is 349 g/mol. The Kier molecular flexibility index (Phi) is 4.56. The zero-order valence-electron chi connectivity index (χ0n) is 15.2. The van der Waals surface area contributed by atoms with E-state index in [1.807, 2.05) is 31.3 Å². The van der Waals surface area contributed by atoms with Crippen LogP contribution in [0.2, 0.25) is 0 Å². The lowest BCUT2D eigenvalue weighted by Crippen LogP contribution is -2.31. The van der Waals surface area contributed by atoms with E-state index in [1.54, 1.807) is 7.11 Å². The number of aryl methyl sites for hydroxylation is 1. The highest BCUT2D eigenvalue weighted by Gasteiger charge is 2.19. The van der Waals surface area contributed by atoms with Crippen molar-refractivity contribution in [1.82, 2.24) is 15.2 Å². The van der Waals surface area contributed by atoms with E-state index in [0.717, 1.165) is 60.8 Å². The van der Waals surface area contributed by atoms with Gasteiger partial charge in [0.2, 0.25) is 0 Å². The van der Waals surface area contributed by atoms with Crippen molar-refractivity contribution in [2.45, 2.75) is 13.3 Å². The zero-order valence-corrected chi connectivity index (χ0v) is 15.2. The van der Waals surface area contributed by atoms with Crippen molar-refractivity contribution < 1.29 is 4.74 Å². The molecule has 3 aromatic rings. The van der Waals surface area contributed by atoms with Crippen molar-refractivity contribution in [3.05, 3.63) is 48.3 Å². The number of nitrogens with zero attached hydrogens (tertiary/aromatic N) is 5. The van der Waals surface area contributed by atoms with Gasteiger partial charge in [-0.3, -0.25) is 4.98 Å². The molecule has 1 aromatic carbocycles. The molecule has 0 amide bonds. The molecule has 1 saturated heterocycles. The van der Waals surface area contributed by atoms with Crippen LogP contribution in [0.3, 0.4) is 0 Å². The lowest BCUT2D eigenvalue weighted by molar-refractivity contribution is 0.419. The molecular weight excluding hydrogens is 326 g/mol. The molecular formula is C20H23N5O. The Labute approximate surface area is 153 Å². The Morgan fingerprint density at radius 1 is 0.923 bits per heavy atom. The second kappa shape index (κ2) is 7.15. The topological polar surface area (TPSA) is 54.4 Å². The molecule has 6 heteroatoms. The number of anilines is 2. The van der Waals surface area contributed by atoms with Crippen molar-refractivity contribution in [2.75, 3.05) is 43.1 Å². The predicted octanol–water partition coefficient (Wildman–Crippen LogP) is 3.06. The fraction of sp³-hybridized carbons (Fsp3) is 0.350. The smallest absolute Gasteiger partial charge is 0.151 e. The monoisotopic (exact) mass is 349 g/mol. The van der Waals surface area contributed by atoms with E-state index in [-0.39, 0.29) is 0 Å². The number of rotatable bonds is 3. The third kappa shape index (κ3) is 3.14. The fourth-order valence-electron chi connectivity index (χ4n) is 3.52. The van der Waals surface area contributed by atoms with Gasteiger partial charge in [0.1, 0.15) is 11.3 Å². The van der Waals surface area contributed by atoms with Gasteiger partial charge in [-0.1, -0.05) is 12.1 Å². The van der Waals surface area contributed by atoms with Crippen LogP contribution in [0.4, 0.5) is 11.5 Å². The maximum Gasteiger partial charge on any atom is 0.151 e. The van der Waals surface area contributed by atoms with Crippen LogP contribution < -0.4 is 14.5 Å². The van der Waals surface area contributed by atoms with Gasteiger partial charge in [0.05, 0.1) is 12.8 Å². The minimum absolute atomic E-state index is 0.815. The molecule has 134 valence electrons. The number of benzene rings is 1. The number of para-hydroxylation sites is 1. The van der Waals surface area contributed by atoms with Gasteiger partial charge in [-0.25, -0.2) is 0 Å². The molecule has 6 nitrogen and oxygen atoms in total. The van der Waals surface area contributed by atoms with Gasteiger partial charge in [-0.05, 0) is 37.6 Å². The first-order valence-electron chi connectivity index (χ1n) is 8.98. The second-order valence-electron chi connectivity index (χ2n) is 6.55. The summed E-state index contributed by atoms with van der Waals surface area (Å²) >= 11 is 0. The van der Waals surface area contributed by atoms with Gasteiger partial charge in [-0.2, -0.15) is 5.10 Å². The number of methoxy groups -OCH3 is 1. The first-order chi connectivity index (χ1) is 12.8. The zero-order chi connectivity index (χ0) is 17.9. The van der Waals surface area contributed by atoms with Crippen LogP contribution in [0.25, 0.3) is 10.9 Å². The molecule has 0 saturated carbocycles. The summed E-state index contributed by atoms with van der Waals surface area (Å²) in [7, 11) is 1.69. The molecule has 0 unspecified atom stereocenters. The molecule has 0 N–H and O–H groups in total. The molecule has 1 fully saturated rings. The largest absolute Gasteiger partial charge is 0.494 e. The van der Waals surface area contributed by atoms with Crippen molar-refractivity contribution in [2.24, 2.45) is 0 Å². The lowest BCUT2D eigenvalue weighted by atomic mass is 10.1. The highest BCUT2D eigenvalue weighted by molar-refractivity contribution is 5.95. The summed E-state index contributed by atoms with van der Waals surface area (Å²) in [5.74, 6) is 1.77. The van der Waals surface area contributed by atoms with E-state index in [0.29, 0.717) is 0 Å². The summed E-state index contributed by atoms with van der Waals surface area (Å²) in [6, 6.07) is 12.3. The standard InChI is InChI=1S/C20H23N5O/c1-15-7-8-19(23-22-15)25-12-4-11-24(13-14-25)17-9-10-21-20-16(17)5-3-6-18(20)26-2/h3,5-10H,4,11-14H2,1-2H3. The highest BCUT2D eigenvalue weighted by atomic mass is 16.5. The van der Waals surface area contributed by atoms with E-state index in [9.17, 15) is 0 Å². The van der Waals surface area contributed by atoms with E-state index in [4.69, 9.17) is 4.74 Å². The normalized spacial score (nSPS) is 15.2. The first-order valence-corrected chi connectivity index (χ1v) is 8.98. The summed E-state index contributed by atoms with van der Waals surface area (Å²) < 4.78 is 5.47. The van der Waals surface area contributed by atoms with E-state index < -0.39 is 0 Å². The van der Waals surface area contributed by atoms with E-state index in [1.165, 1.54) is 5.69 Å². The highest BCUT2D eigenvalue weighted by Crippen LogP contribution is 2.31. The Morgan fingerprint density at radius 2 is 1.77 bits per heavy atom. The number of fused-ring (bicyclic) bond motifs is 1. The van der Waals surface area contributed by atoms with Crippen molar-refractivity contribution in [3.8, 4) is 5.75 Å². The molecule has 0 atom stereocenters. The van der Waals surface area contributed by atoms with Crippen LogP contribution in [0.5, 0.6) is 5.75 Å². The molecule has 0 spiro atoms. The molecule has 3 heterocycles. The molecule has 0 bridgehead atoms. The third-order valence-corrected chi connectivity index (χ3v) is 4.88. The van der Waals surface area contributed by atoms with Gasteiger partial charge < -0.3 is 14.5 Å². The number of ether oxygens (including phenoxy) is 1. The van der Waals surface area contributed by atoms with Gasteiger partial charge in [0.25, 0.3) is 0 Å². The third-order valence-electron chi connectivity index (χ3n) is 4.88. The molecule has 1 aliphatic heterocycles. The van der Waals surface area contributed by atoms with Crippen LogP contribution in [-0.4, -0.2) is 48.5 Å². The van der Waals surface area contributed by atoms with Crippen molar-refractivity contribution in [3.63, 3.8) is 0 Å². The number of hydrogen-bond acceptors (Lipinski definition) is 6. The molecule has 0 radical (unpaired) electrons. The minimum Gasteiger partial charge on any atom is -0.494 e. The van der Waals surface area contributed by atoms with Crippen molar-refractivity contribution >= 4 is 22.4 Å². The fourth-order valence-corrected chi connectivity index (χ4v) is 3.52. The summed E-state index contributed by atoms with van der Waals surface area (Å²) in [4.78, 5) is 9.27. The number of hydrogen-bond donors (Lipinski definition) is 0. The van der Waals surface area contributed by atoms with Crippen molar-refractivity contribution in [1.29, 1.82) is 0 Å². The van der Waals surface area contributed by atoms with Gasteiger partial charge in [-0.15, -0.1) is 5.10 Å². The quantitative estimate of drug-likeness (QED) is 0.724.